The first-order chi connectivity index (χ1) is 14.5. The predicted octanol–water partition coefficient (Wildman–Crippen LogP) is 1.32. The summed E-state index contributed by atoms with van der Waals surface area (Å²) in [5, 5.41) is 10.3. The Morgan fingerprint density at radius 3 is 2.80 bits per heavy atom. The van der Waals surface area contributed by atoms with E-state index in [0.717, 1.165) is 44.5 Å². The molecule has 1 aliphatic heterocycles. The van der Waals surface area contributed by atoms with Crippen molar-refractivity contribution in [2.75, 3.05) is 32.8 Å². The number of fused-ring (bicyclic) bond motifs is 1. The quantitative estimate of drug-likeness (QED) is 0.654. The van der Waals surface area contributed by atoms with Crippen molar-refractivity contribution in [3.05, 3.63) is 21.9 Å². The number of ether oxygens (including phenoxy) is 1. The number of aromatic amines is 2. The number of hydrogen-bond acceptors (Lipinski definition) is 6. The molecule has 3 heterocycles. The topological polar surface area (TPSA) is 116 Å². The highest BCUT2D eigenvalue weighted by molar-refractivity contribution is 5.78. The number of carbonyl (C=O) groups is 1. The molecule has 0 radical (unpaired) electrons. The summed E-state index contributed by atoms with van der Waals surface area (Å²) in [6.07, 6.45) is 4.88. The Morgan fingerprint density at radius 1 is 1.27 bits per heavy atom. The zero-order valence-corrected chi connectivity index (χ0v) is 17.9. The number of amides is 1. The summed E-state index contributed by atoms with van der Waals surface area (Å²) in [6, 6.07) is 0.113. The summed E-state index contributed by atoms with van der Waals surface area (Å²) in [5.41, 5.74) is 1.73. The van der Waals surface area contributed by atoms with Crippen LogP contribution in [-0.2, 0) is 16.0 Å². The molecule has 4 rings (SSSR count). The SMILES string of the molecule is CC(C)c1n[nH]c2c(=O)[nH]c(C[C@@H]3CCCC[C@H]3NC(=O)CN3CCOCC3)nc12. The standard InChI is InChI=1S/C21H32N6O3/c1-13(2)18-19-20(26-25-18)21(29)24-16(23-19)11-14-5-3-4-6-15(14)22-17(28)12-27-7-9-30-10-8-27/h13-15H,3-12H2,1-2H3,(H,22,28)(H,25,26)(H,23,24,29)/t14-,15+/m0/s1. The molecule has 1 aliphatic carbocycles. The molecule has 0 unspecified atom stereocenters. The molecule has 1 saturated carbocycles. The number of hydrogen-bond donors (Lipinski definition) is 3. The molecule has 2 atom stereocenters. The molecule has 0 spiro atoms. The van der Waals surface area contributed by atoms with Crippen LogP contribution in [0.4, 0.5) is 0 Å². The molecule has 164 valence electrons. The molecule has 30 heavy (non-hydrogen) atoms. The number of nitrogens with one attached hydrogen (secondary N) is 3. The molecule has 2 aromatic heterocycles. The van der Waals surface area contributed by atoms with Crippen LogP contribution >= 0.6 is 0 Å². The van der Waals surface area contributed by atoms with E-state index in [4.69, 9.17) is 9.72 Å². The number of aromatic nitrogens is 4. The third-order valence-corrected chi connectivity index (χ3v) is 6.23. The van der Waals surface area contributed by atoms with Crippen molar-refractivity contribution in [2.45, 2.75) is 57.9 Å². The van der Waals surface area contributed by atoms with Gasteiger partial charge in [-0.05, 0) is 24.7 Å². The first kappa shape index (κ1) is 21.0. The maximum atomic E-state index is 12.6. The van der Waals surface area contributed by atoms with Crippen molar-refractivity contribution in [1.82, 2.24) is 30.4 Å². The molecule has 0 bridgehead atoms. The summed E-state index contributed by atoms with van der Waals surface area (Å²) in [6.45, 7) is 7.48. The lowest BCUT2D eigenvalue weighted by atomic mass is 9.82. The van der Waals surface area contributed by atoms with Crippen LogP contribution < -0.4 is 10.9 Å². The van der Waals surface area contributed by atoms with Gasteiger partial charge in [-0.15, -0.1) is 0 Å². The average Bonchev–Trinajstić information content (AvgIpc) is 3.15. The van der Waals surface area contributed by atoms with Gasteiger partial charge < -0.3 is 15.0 Å². The van der Waals surface area contributed by atoms with Crippen molar-refractivity contribution in [3.63, 3.8) is 0 Å². The Labute approximate surface area is 176 Å². The van der Waals surface area contributed by atoms with E-state index in [9.17, 15) is 9.59 Å². The minimum atomic E-state index is -0.182. The minimum absolute atomic E-state index is 0.0719. The number of rotatable bonds is 6. The van der Waals surface area contributed by atoms with Gasteiger partial charge in [0.25, 0.3) is 5.56 Å². The van der Waals surface area contributed by atoms with Crippen molar-refractivity contribution in [1.29, 1.82) is 0 Å². The van der Waals surface area contributed by atoms with Gasteiger partial charge in [0.1, 0.15) is 16.9 Å². The van der Waals surface area contributed by atoms with Crippen LogP contribution in [-0.4, -0.2) is 69.9 Å². The van der Waals surface area contributed by atoms with Gasteiger partial charge in [0.05, 0.1) is 25.5 Å². The van der Waals surface area contributed by atoms with Gasteiger partial charge in [-0.3, -0.25) is 19.6 Å². The summed E-state index contributed by atoms with van der Waals surface area (Å²) in [5.74, 6) is 1.20. The van der Waals surface area contributed by atoms with Gasteiger partial charge in [-0.25, -0.2) is 4.98 Å². The Bertz CT molecular complexity index is 930. The smallest absolute Gasteiger partial charge is 0.276 e. The fourth-order valence-corrected chi connectivity index (χ4v) is 4.58. The lowest BCUT2D eigenvalue weighted by Crippen LogP contribution is -2.48. The lowest BCUT2D eigenvalue weighted by Gasteiger charge is -2.33. The highest BCUT2D eigenvalue weighted by atomic mass is 16.5. The molecule has 2 fully saturated rings. The molecule has 2 aliphatic rings. The van der Waals surface area contributed by atoms with Crippen LogP contribution in [0.1, 0.15) is 57.0 Å². The molecular formula is C21H32N6O3. The molecule has 9 heteroatoms. The molecular weight excluding hydrogens is 384 g/mol. The third kappa shape index (κ3) is 4.73. The number of carbonyl (C=O) groups excluding carboxylic acids is 1. The Balaban J connectivity index is 1.46. The van der Waals surface area contributed by atoms with E-state index >= 15 is 0 Å². The van der Waals surface area contributed by atoms with E-state index in [0.29, 0.717) is 43.0 Å². The maximum Gasteiger partial charge on any atom is 0.276 e. The number of morpholine rings is 1. The lowest BCUT2D eigenvalue weighted by molar-refractivity contribution is -0.124. The zero-order valence-electron chi connectivity index (χ0n) is 17.9. The monoisotopic (exact) mass is 416 g/mol. The molecule has 9 nitrogen and oxygen atoms in total. The van der Waals surface area contributed by atoms with Crippen molar-refractivity contribution in [3.8, 4) is 0 Å². The van der Waals surface area contributed by atoms with Gasteiger partial charge in [-0.1, -0.05) is 26.7 Å². The molecule has 1 saturated heterocycles. The van der Waals surface area contributed by atoms with E-state index < -0.39 is 0 Å². The first-order valence-corrected chi connectivity index (χ1v) is 11.1. The molecule has 0 aromatic carbocycles. The zero-order chi connectivity index (χ0) is 21.1. The summed E-state index contributed by atoms with van der Waals surface area (Å²) in [7, 11) is 0. The van der Waals surface area contributed by atoms with Crippen molar-refractivity contribution in [2.24, 2.45) is 5.92 Å². The highest BCUT2D eigenvalue weighted by Crippen LogP contribution is 2.27. The Hall–Kier alpha value is -2.26. The third-order valence-electron chi connectivity index (χ3n) is 6.23. The molecule has 1 amide bonds. The van der Waals surface area contributed by atoms with E-state index in [1.54, 1.807) is 0 Å². The second kappa shape index (κ2) is 9.26. The van der Waals surface area contributed by atoms with E-state index in [-0.39, 0.29) is 29.3 Å². The summed E-state index contributed by atoms with van der Waals surface area (Å²) >= 11 is 0. The average molecular weight is 417 g/mol. The van der Waals surface area contributed by atoms with Crippen molar-refractivity contribution >= 4 is 16.9 Å². The Kier molecular flexibility index (Phi) is 6.48. The van der Waals surface area contributed by atoms with E-state index in [1.807, 2.05) is 13.8 Å². The highest BCUT2D eigenvalue weighted by Gasteiger charge is 2.28. The second-order valence-electron chi connectivity index (χ2n) is 8.81. The van der Waals surface area contributed by atoms with E-state index in [2.05, 4.69) is 25.4 Å². The number of H-pyrrole nitrogens is 2. The van der Waals surface area contributed by atoms with Gasteiger partial charge in [-0.2, -0.15) is 5.10 Å². The normalized spacial score (nSPS) is 23.2. The first-order valence-electron chi connectivity index (χ1n) is 11.1. The van der Waals surface area contributed by atoms with Crippen LogP contribution in [0.2, 0.25) is 0 Å². The Morgan fingerprint density at radius 2 is 2.03 bits per heavy atom. The van der Waals surface area contributed by atoms with Gasteiger partial charge >= 0.3 is 0 Å². The van der Waals surface area contributed by atoms with Crippen LogP contribution in [0.25, 0.3) is 11.0 Å². The van der Waals surface area contributed by atoms with Gasteiger partial charge in [0.2, 0.25) is 5.91 Å². The van der Waals surface area contributed by atoms with Crippen LogP contribution in [0.15, 0.2) is 4.79 Å². The van der Waals surface area contributed by atoms with Gasteiger partial charge in [0, 0.05) is 25.6 Å². The second-order valence-corrected chi connectivity index (χ2v) is 8.81. The summed E-state index contributed by atoms with van der Waals surface area (Å²) in [4.78, 5) is 34.9. The fraction of sp³-hybridized carbons (Fsp3) is 0.714. The van der Waals surface area contributed by atoms with Crippen LogP contribution in [0.3, 0.4) is 0 Å². The molecule has 3 N–H and O–H groups in total. The minimum Gasteiger partial charge on any atom is -0.379 e. The van der Waals surface area contributed by atoms with Crippen LogP contribution in [0.5, 0.6) is 0 Å². The number of nitrogens with zero attached hydrogens (tertiary/aromatic N) is 3. The predicted molar refractivity (Wildman–Crippen MR) is 113 cm³/mol. The van der Waals surface area contributed by atoms with Crippen molar-refractivity contribution < 1.29 is 9.53 Å². The van der Waals surface area contributed by atoms with E-state index in [1.165, 1.54) is 0 Å². The largest absolute Gasteiger partial charge is 0.379 e. The summed E-state index contributed by atoms with van der Waals surface area (Å²) < 4.78 is 5.36. The molecule has 2 aromatic rings. The van der Waals surface area contributed by atoms with Gasteiger partial charge in [0.15, 0.2) is 0 Å². The fourth-order valence-electron chi connectivity index (χ4n) is 4.58. The maximum absolute atomic E-state index is 12.6. The van der Waals surface area contributed by atoms with Crippen LogP contribution in [0, 0.1) is 5.92 Å².